The zero-order valence-electron chi connectivity index (χ0n) is 20.3. The molecule has 0 saturated carbocycles. The minimum atomic E-state index is -0.715. The second-order valence-corrected chi connectivity index (χ2v) is 10.6. The van der Waals surface area contributed by atoms with E-state index in [4.69, 9.17) is 27.9 Å². The number of rotatable bonds is 4. The van der Waals surface area contributed by atoms with Gasteiger partial charge in [0.2, 0.25) is 0 Å². The van der Waals surface area contributed by atoms with Crippen molar-refractivity contribution in [2.24, 2.45) is 5.41 Å². The number of piperidine rings is 2. The van der Waals surface area contributed by atoms with E-state index in [1.807, 2.05) is 59.5 Å². The Hall–Kier alpha value is -3.09. The van der Waals surface area contributed by atoms with Gasteiger partial charge < -0.3 is 14.5 Å². The number of nitrogens with zero attached hydrogens (tertiary/aromatic N) is 2. The van der Waals surface area contributed by atoms with E-state index in [2.05, 4.69) is 0 Å². The van der Waals surface area contributed by atoms with E-state index in [-0.39, 0.29) is 27.3 Å². The standard InChI is InChI=1S/C29H27Cl2FN2O3/c30-23-18-20(19-24(31)26(23)32)27(35)33-14-10-29(11-15-33)12-16-34(17-13-29)28(36)22-8-4-5-9-25(22)37-21-6-2-1-3-7-21/h1-9,18-19H,10-17H2. The van der Waals surface area contributed by atoms with Crippen molar-refractivity contribution in [1.29, 1.82) is 0 Å². The number of para-hydroxylation sites is 2. The van der Waals surface area contributed by atoms with Gasteiger partial charge in [-0.2, -0.15) is 0 Å². The van der Waals surface area contributed by atoms with Crippen molar-refractivity contribution in [2.75, 3.05) is 26.2 Å². The molecule has 5 nitrogen and oxygen atoms in total. The first-order valence-electron chi connectivity index (χ1n) is 12.4. The third-order valence-corrected chi connectivity index (χ3v) is 8.09. The summed E-state index contributed by atoms with van der Waals surface area (Å²) >= 11 is 11.8. The lowest BCUT2D eigenvalue weighted by Gasteiger charge is -2.47. The topological polar surface area (TPSA) is 49.9 Å². The summed E-state index contributed by atoms with van der Waals surface area (Å²) < 4.78 is 19.7. The summed E-state index contributed by atoms with van der Waals surface area (Å²) in [6.07, 6.45) is 3.49. The highest BCUT2D eigenvalue weighted by atomic mass is 35.5. The van der Waals surface area contributed by atoms with Gasteiger partial charge in [0.15, 0.2) is 5.82 Å². The second-order valence-electron chi connectivity index (χ2n) is 9.75. The van der Waals surface area contributed by atoms with E-state index in [0.717, 1.165) is 25.7 Å². The van der Waals surface area contributed by atoms with Crippen LogP contribution in [0.15, 0.2) is 66.7 Å². The third kappa shape index (κ3) is 5.46. The highest BCUT2D eigenvalue weighted by Gasteiger charge is 2.40. The summed E-state index contributed by atoms with van der Waals surface area (Å²) in [6.45, 7) is 2.53. The second kappa shape index (κ2) is 10.7. The number of benzene rings is 3. The van der Waals surface area contributed by atoms with E-state index in [0.29, 0.717) is 48.8 Å². The molecule has 2 saturated heterocycles. The maximum absolute atomic E-state index is 13.7. The molecule has 2 fully saturated rings. The predicted molar refractivity (Wildman–Crippen MR) is 142 cm³/mol. The Kier molecular flexibility index (Phi) is 7.40. The van der Waals surface area contributed by atoms with Crippen LogP contribution in [0.3, 0.4) is 0 Å². The van der Waals surface area contributed by atoms with Crippen molar-refractivity contribution in [3.8, 4) is 11.5 Å². The SMILES string of the molecule is O=C(c1cc(Cl)c(F)c(Cl)c1)N1CCC2(CC1)CCN(C(=O)c1ccccc1Oc1ccccc1)CC2. The number of halogens is 3. The van der Waals surface area contributed by atoms with Crippen LogP contribution in [-0.2, 0) is 0 Å². The molecule has 0 aliphatic carbocycles. The average Bonchev–Trinajstić information content (AvgIpc) is 2.92. The molecule has 3 aromatic rings. The molecule has 5 rings (SSSR count). The van der Waals surface area contributed by atoms with Gasteiger partial charge in [0.05, 0.1) is 15.6 Å². The van der Waals surface area contributed by atoms with Crippen LogP contribution >= 0.6 is 23.2 Å². The minimum Gasteiger partial charge on any atom is -0.457 e. The summed E-state index contributed by atoms with van der Waals surface area (Å²) in [4.78, 5) is 30.1. The van der Waals surface area contributed by atoms with E-state index in [1.165, 1.54) is 12.1 Å². The molecule has 2 aliphatic heterocycles. The Balaban J connectivity index is 1.19. The summed E-state index contributed by atoms with van der Waals surface area (Å²) in [7, 11) is 0. The molecule has 0 bridgehead atoms. The van der Waals surface area contributed by atoms with Crippen LogP contribution in [0, 0.1) is 11.2 Å². The number of carbonyl (C=O) groups excluding carboxylic acids is 2. The molecular formula is C29H27Cl2FN2O3. The fraction of sp³-hybridized carbons (Fsp3) is 0.310. The van der Waals surface area contributed by atoms with Crippen LogP contribution in [0.4, 0.5) is 4.39 Å². The minimum absolute atomic E-state index is 0.0286. The largest absolute Gasteiger partial charge is 0.457 e. The number of ether oxygens (including phenoxy) is 1. The van der Waals surface area contributed by atoms with Crippen molar-refractivity contribution in [3.63, 3.8) is 0 Å². The molecule has 2 aliphatic rings. The molecule has 0 aromatic heterocycles. The smallest absolute Gasteiger partial charge is 0.257 e. The molecule has 0 unspecified atom stereocenters. The van der Waals surface area contributed by atoms with Gasteiger partial charge in [-0.05, 0) is 67.5 Å². The van der Waals surface area contributed by atoms with Gasteiger partial charge in [-0.1, -0.05) is 53.5 Å². The number of carbonyl (C=O) groups is 2. The Labute approximate surface area is 225 Å². The Morgan fingerprint density at radius 3 is 1.86 bits per heavy atom. The monoisotopic (exact) mass is 540 g/mol. The first-order chi connectivity index (χ1) is 17.8. The molecule has 0 radical (unpaired) electrons. The van der Waals surface area contributed by atoms with Crippen LogP contribution in [0.5, 0.6) is 11.5 Å². The molecule has 8 heteroatoms. The van der Waals surface area contributed by atoms with E-state index in [9.17, 15) is 14.0 Å². The summed E-state index contributed by atoms with van der Waals surface area (Å²) in [6, 6.07) is 19.4. The lowest BCUT2D eigenvalue weighted by molar-refractivity contribution is 0.0280. The number of hydrogen-bond donors (Lipinski definition) is 0. The van der Waals surface area contributed by atoms with Gasteiger partial charge in [-0.25, -0.2) is 4.39 Å². The van der Waals surface area contributed by atoms with Gasteiger partial charge in [0.1, 0.15) is 11.5 Å². The quantitative estimate of drug-likeness (QED) is 0.332. The summed E-state index contributed by atoms with van der Waals surface area (Å²) in [5, 5.41) is -0.311. The Bertz CT molecular complexity index is 1280. The fourth-order valence-electron chi connectivity index (χ4n) is 5.25. The van der Waals surface area contributed by atoms with Gasteiger partial charge in [-0.15, -0.1) is 0 Å². The highest BCUT2D eigenvalue weighted by molar-refractivity contribution is 6.35. The van der Waals surface area contributed by atoms with Crippen LogP contribution in [0.1, 0.15) is 46.4 Å². The molecule has 3 aromatic carbocycles. The van der Waals surface area contributed by atoms with E-state index in [1.54, 1.807) is 4.90 Å². The van der Waals surface area contributed by atoms with Crippen LogP contribution < -0.4 is 4.74 Å². The fourth-order valence-corrected chi connectivity index (χ4v) is 5.74. The molecular weight excluding hydrogens is 514 g/mol. The van der Waals surface area contributed by atoms with Crippen LogP contribution in [0.25, 0.3) is 0 Å². The molecule has 1 spiro atoms. The zero-order valence-corrected chi connectivity index (χ0v) is 21.8. The maximum atomic E-state index is 13.7. The van der Waals surface area contributed by atoms with Crippen molar-refractivity contribution >= 4 is 35.0 Å². The normalized spacial score (nSPS) is 17.1. The number of hydrogen-bond acceptors (Lipinski definition) is 3. The Morgan fingerprint density at radius 2 is 1.27 bits per heavy atom. The number of likely N-dealkylation sites (tertiary alicyclic amines) is 2. The molecule has 37 heavy (non-hydrogen) atoms. The zero-order chi connectivity index (χ0) is 26.0. The van der Waals surface area contributed by atoms with Gasteiger partial charge in [0.25, 0.3) is 11.8 Å². The number of amides is 2. The van der Waals surface area contributed by atoms with Crippen molar-refractivity contribution in [1.82, 2.24) is 9.80 Å². The first-order valence-corrected chi connectivity index (χ1v) is 13.2. The third-order valence-electron chi connectivity index (χ3n) is 7.54. The lowest BCUT2D eigenvalue weighted by Crippen LogP contribution is -2.49. The Morgan fingerprint density at radius 1 is 0.757 bits per heavy atom. The maximum Gasteiger partial charge on any atom is 0.257 e. The van der Waals surface area contributed by atoms with Crippen molar-refractivity contribution in [2.45, 2.75) is 25.7 Å². The molecule has 0 atom stereocenters. The van der Waals surface area contributed by atoms with E-state index >= 15 is 0 Å². The lowest BCUT2D eigenvalue weighted by atomic mass is 9.71. The van der Waals surface area contributed by atoms with Crippen molar-refractivity contribution < 1.29 is 18.7 Å². The molecule has 2 amide bonds. The predicted octanol–water partition coefficient (Wildman–Crippen LogP) is 7.08. The van der Waals surface area contributed by atoms with E-state index < -0.39 is 5.82 Å². The van der Waals surface area contributed by atoms with Crippen molar-refractivity contribution in [3.05, 3.63) is 93.7 Å². The summed E-state index contributed by atoms with van der Waals surface area (Å²) in [5.74, 6) is 0.298. The molecule has 2 heterocycles. The van der Waals surface area contributed by atoms with Gasteiger partial charge >= 0.3 is 0 Å². The van der Waals surface area contributed by atoms with Gasteiger partial charge in [0, 0.05) is 31.7 Å². The average molecular weight is 541 g/mol. The van der Waals surface area contributed by atoms with Crippen LogP contribution in [0.2, 0.25) is 10.0 Å². The van der Waals surface area contributed by atoms with Gasteiger partial charge in [-0.3, -0.25) is 9.59 Å². The highest BCUT2D eigenvalue weighted by Crippen LogP contribution is 2.42. The molecule has 0 N–H and O–H groups in total. The first kappa shape index (κ1) is 25.6. The molecule has 192 valence electrons. The summed E-state index contributed by atoms with van der Waals surface area (Å²) in [5.41, 5.74) is 0.953. The van der Waals surface area contributed by atoms with Crippen LogP contribution in [-0.4, -0.2) is 47.8 Å².